The van der Waals surface area contributed by atoms with Crippen molar-refractivity contribution < 1.29 is 22.6 Å². The third kappa shape index (κ3) is 4.46. The van der Waals surface area contributed by atoms with E-state index in [0.717, 1.165) is 5.56 Å². The molecular formula is C16H13F3N4O2. The highest BCUT2D eigenvalue weighted by Gasteiger charge is 2.30. The molecule has 0 atom stereocenters. The highest BCUT2D eigenvalue weighted by Crippen LogP contribution is 2.23. The lowest BCUT2D eigenvalue weighted by Gasteiger charge is -2.08. The maximum Gasteiger partial charge on any atom is 0.573 e. The minimum absolute atomic E-state index is 0.267. The van der Waals surface area contributed by atoms with Crippen LogP contribution in [0.15, 0.2) is 48.5 Å². The first kappa shape index (κ1) is 16.7. The SMILES string of the molecule is COc1cccc(-c2nnn(Cc3ccc(OC(F)(F)F)cc3)n2)c1. The van der Waals surface area contributed by atoms with Gasteiger partial charge in [0, 0.05) is 5.56 Å². The van der Waals surface area contributed by atoms with Crippen LogP contribution < -0.4 is 9.47 Å². The topological polar surface area (TPSA) is 62.1 Å². The molecule has 2 aromatic carbocycles. The molecule has 25 heavy (non-hydrogen) atoms. The number of halogens is 3. The molecule has 9 heteroatoms. The molecule has 6 nitrogen and oxygen atoms in total. The number of aromatic nitrogens is 4. The van der Waals surface area contributed by atoms with Gasteiger partial charge in [-0.25, -0.2) is 0 Å². The van der Waals surface area contributed by atoms with E-state index in [4.69, 9.17) is 4.74 Å². The van der Waals surface area contributed by atoms with Gasteiger partial charge in [0.25, 0.3) is 0 Å². The number of nitrogens with zero attached hydrogens (tertiary/aromatic N) is 4. The number of tetrazole rings is 1. The van der Waals surface area contributed by atoms with Gasteiger partial charge in [-0.15, -0.1) is 23.4 Å². The van der Waals surface area contributed by atoms with E-state index in [1.54, 1.807) is 19.2 Å². The summed E-state index contributed by atoms with van der Waals surface area (Å²) < 4.78 is 45.4. The Morgan fingerprint density at radius 1 is 1.04 bits per heavy atom. The summed E-state index contributed by atoms with van der Waals surface area (Å²) in [7, 11) is 1.57. The van der Waals surface area contributed by atoms with Crippen molar-refractivity contribution in [3.8, 4) is 22.9 Å². The summed E-state index contributed by atoms with van der Waals surface area (Å²) in [6.45, 7) is 0.267. The van der Waals surface area contributed by atoms with Gasteiger partial charge < -0.3 is 9.47 Å². The van der Waals surface area contributed by atoms with E-state index in [-0.39, 0.29) is 12.3 Å². The molecule has 0 saturated carbocycles. The van der Waals surface area contributed by atoms with Crippen molar-refractivity contribution in [2.45, 2.75) is 12.9 Å². The summed E-state index contributed by atoms with van der Waals surface area (Å²) in [5, 5.41) is 12.2. The molecule has 0 aliphatic rings. The zero-order chi connectivity index (χ0) is 17.9. The molecule has 0 amide bonds. The van der Waals surface area contributed by atoms with Gasteiger partial charge >= 0.3 is 6.36 Å². The average Bonchev–Trinajstić information content (AvgIpc) is 3.04. The summed E-state index contributed by atoms with van der Waals surface area (Å²) >= 11 is 0. The highest BCUT2D eigenvalue weighted by molar-refractivity contribution is 5.56. The Balaban J connectivity index is 1.71. The van der Waals surface area contributed by atoms with Crippen LogP contribution in [-0.2, 0) is 6.54 Å². The first-order valence-electron chi connectivity index (χ1n) is 7.20. The summed E-state index contributed by atoms with van der Waals surface area (Å²) in [5.41, 5.74) is 1.46. The lowest BCUT2D eigenvalue weighted by molar-refractivity contribution is -0.274. The van der Waals surface area contributed by atoms with Gasteiger partial charge in [0.15, 0.2) is 0 Å². The molecule has 0 radical (unpaired) electrons. The predicted molar refractivity (Wildman–Crippen MR) is 82.0 cm³/mol. The fraction of sp³-hybridized carbons (Fsp3) is 0.188. The quantitative estimate of drug-likeness (QED) is 0.707. The van der Waals surface area contributed by atoms with Crippen molar-refractivity contribution >= 4 is 0 Å². The van der Waals surface area contributed by atoms with Crippen LogP contribution in [0, 0.1) is 0 Å². The van der Waals surface area contributed by atoms with Crippen molar-refractivity contribution in [2.24, 2.45) is 0 Å². The summed E-state index contributed by atoms with van der Waals surface area (Å²) in [6.07, 6.45) is -4.71. The lowest BCUT2D eigenvalue weighted by Crippen LogP contribution is -2.17. The first-order chi connectivity index (χ1) is 11.9. The Morgan fingerprint density at radius 2 is 1.80 bits per heavy atom. The fourth-order valence-electron chi connectivity index (χ4n) is 2.15. The number of alkyl halides is 3. The first-order valence-corrected chi connectivity index (χ1v) is 7.20. The highest BCUT2D eigenvalue weighted by atomic mass is 19.4. The van der Waals surface area contributed by atoms with Gasteiger partial charge in [0.1, 0.15) is 11.5 Å². The van der Waals surface area contributed by atoms with E-state index in [9.17, 15) is 13.2 Å². The van der Waals surface area contributed by atoms with Crippen LogP contribution in [0.1, 0.15) is 5.56 Å². The second-order valence-electron chi connectivity index (χ2n) is 5.07. The molecule has 130 valence electrons. The minimum Gasteiger partial charge on any atom is -0.497 e. The van der Waals surface area contributed by atoms with Crippen molar-refractivity contribution in [2.75, 3.05) is 7.11 Å². The molecular weight excluding hydrogens is 337 g/mol. The van der Waals surface area contributed by atoms with Gasteiger partial charge in [-0.2, -0.15) is 4.80 Å². The van der Waals surface area contributed by atoms with Crippen molar-refractivity contribution in [1.29, 1.82) is 0 Å². The van der Waals surface area contributed by atoms with Crippen molar-refractivity contribution in [1.82, 2.24) is 20.2 Å². The largest absolute Gasteiger partial charge is 0.573 e. The molecule has 0 spiro atoms. The number of methoxy groups -OCH3 is 1. The van der Waals surface area contributed by atoms with Gasteiger partial charge in [-0.05, 0) is 35.0 Å². The maximum absolute atomic E-state index is 12.1. The molecule has 0 aliphatic carbocycles. The van der Waals surface area contributed by atoms with Crippen molar-refractivity contribution in [3.63, 3.8) is 0 Å². The summed E-state index contributed by atoms with van der Waals surface area (Å²) in [6, 6.07) is 12.7. The lowest BCUT2D eigenvalue weighted by atomic mass is 10.2. The van der Waals surface area contributed by atoms with E-state index in [0.29, 0.717) is 17.1 Å². The standard InChI is InChI=1S/C16H13F3N4O2/c1-24-14-4-2-3-12(9-14)15-20-22-23(21-15)10-11-5-7-13(8-6-11)25-16(17,18)19/h2-9H,10H2,1H3. The van der Waals surface area contributed by atoms with Crippen LogP contribution in [0.5, 0.6) is 11.5 Å². The van der Waals surface area contributed by atoms with Crippen LogP contribution in [0.3, 0.4) is 0 Å². The van der Waals surface area contributed by atoms with Crippen LogP contribution in [0.4, 0.5) is 13.2 Å². The Labute approximate surface area is 140 Å². The fourth-order valence-corrected chi connectivity index (χ4v) is 2.15. The number of hydrogen-bond donors (Lipinski definition) is 0. The van der Waals surface area contributed by atoms with Crippen LogP contribution in [0.2, 0.25) is 0 Å². The summed E-state index contributed by atoms with van der Waals surface area (Å²) in [5.74, 6) is 0.824. The van der Waals surface area contributed by atoms with Gasteiger partial charge in [-0.1, -0.05) is 24.3 Å². The van der Waals surface area contributed by atoms with Gasteiger partial charge in [0.2, 0.25) is 5.82 Å². The van der Waals surface area contributed by atoms with E-state index < -0.39 is 6.36 Å². The van der Waals surface area contributed by atoms with E-state index in [1.807, 2.05) is 12.1 Å². The van der Waals surface area contributed by atoms with Crippen LogP contribution in [-0.4, -0.2) is 33.7 Å². The van der Waals surface area contributed by atoms with Gasteiger partial charge in [0.05, 0.1) is 13.7 Å². The number of rotatable bonds is 5. The third-order valence-corrected chi connectivity index (χ3v) is 3.26. The molecule has 3 rings (SSSR count). The Kier molecular flexibility index (Phi) is 4.55. The predicted octanol–water partition coefficient (Wildman–Crippen LogP) is 3.30. The average molecular weight is 350 g/mol. The van der Waals surface area contributed by atoms with E-state index in [1.165, 1.54) is 29.1 Å². The minimum atomic E-state index is -4.71. The second-order valence-corrected chi connectivity index (χ2v) is 5.07. The number of hydrogen-bond acceptors (Lipinski definition) is 5. The third-order valence-electron chi connectivity index (χ3n) is 3.26. The smallest absolute Gasteiger partial charge is 0.497 e. The molecule has 0 saturated heterocycles. The molecule has 0 bridgehead atoms. The number of benzene rings is 2. The zero-order valence-corrected chi connectivity index (χ0v) is 13.1. The zero-order valence-electron chi connectivity index (χ0n) is 13.1. The van der Waals surface area contributed by atoms with Crippen LogP contribution in [0.25, 0.3) is 11.4 Å². The Morgan fingerprint density at radius 3 is 2.48 bits per heavy atom. The molecule has 0 N–H and O–H groups in total. The normalized spacial score (nSPS) is 11.4. The Hall–Kier alpha value is -3.10. The molecule has 3 aromatic rings. The van der Waals surface area contributed by atoms with Gasteiger partial charge in [-0.3, -0.25) is 0 Å². The van der Waals surface area contributed by atoms with Crippen molar-refractivity contribution in [3.05, 3.63) is 54.1 Å². The maximum atomic E-state index is 12.1. The Bertz CT molecular complexity index is 847. The van der Waals surface area contributed by atoms with Crippen LogP contribution >= 0.6 is 0 Å². The molecule has 0 fully saturated rings. The number of ether oxygens (including phenoxy) is 2. The molecule has 1 aromatic heterocycles. The summed E-state index contributed by atoms with van der Waals surface area (Å²) in [4.78, 5) is 1.36. The monoisotopic (exact) mass is 350 g/mol. The van der Waals surface area contributed by atoms with E-state index >= 15 is 0 Å². The second kappa shape index (κ2) is 6.80. The molecule has 0 aliphatic heterocycles. The molecule has 0 unspecified atom stereocenters. The van der Waals surface area contributed by atoms with E-state index in [2.05, 4.69) is 20.1 Å². The molecule has 1 heterocycles.